The second kappa shape index (κ2) is 11.6. The molecule has 0 radical (unpaired) electrons. The van der Waals surface area contributed by atoms with E-state index in [-0.39, 0.29) is 6.29 Å². The van der Waals surface area contributed by atoms with E-state index in [0.29, 0.717) is 0 Å². The highest BCUT2D eigenvalue weighted by atomic mass is 16.7. The fourth-order valence-corrected chi connectivity index (χ4v) is 2.69. The molecular weight excluding hydrogens is 328 g/mol. The summed E-state index contributed by atoms with van der Waals surface area (Å²) in [5, 5.41) is 0. The molecule has 1 saturated heterocycles. The van der Waals surface area contributed by atoms with Gasteiger partial charge in [0.25, 0.3) is 0 Å². The Balaban J connectivity index is 1.69. The maximum absolute atomic E-state index is 5.45. The summed E-state index contributed by atoms with van der Waals surface area (Å²) in [5.74, 6) is 1.63. The van der Waals surface area contributed by atoms with Crippen LogP contribution in [0.25, 0.3) is 6.08 Å². The standard InChI is InChI=1S/C22H30O4/c1-18(11-14-22-25-15-16-26-22)9-7-5-4-6-8-10-19-12-13-20(23-2)17-21(19)24-3/h5,7-10,12-13,17,22H,4,6,11,14-16H2,1-3H3. The Hall–Kier alpha value is -2.04. The molecule has 0 spiro atoms. The van der Waals surface area contributed by atoms with E-state index in [2.05, 4.69) is 37.3 Å². The van der Waals surface area contributed by atoms with Crippen molar-refractivity contribution in [1.29, 1.82) is 0 Å². The molecular formula is C22H30O4. The zero-order valence-corrected chi connectivity index (χ0v) is 16.1. The molecule has 0 unspecified atom stereocenters. The van der Waals surface area contributed by atoms with Gasteiger partial charge in [-0.05, 0) is 38.3 Å². The van der Waals surface area contributed by atoms with E-state index < -0.39 is 0 Å². The molecule has 1 aromatic carbocycles. The molecule has 2 rings (SSSR count). The number of benzene rings is 1. The third-order valence-electron chi connectivity index (χ3n) is 4.22. The molecule has 4 heteroatoms. The average molecular weight is 358 g/mol. The topological polar surface area (TPSA) is 36.9 Å². The van der Waals surface area contributed by atoms with E-state index in [1.165, 1.54) is 5.57 Å². The third-order valence-corrected chi connectivity index (χ3v) is 4.22. The lowest BCUT2D eigenvalue weighted by atomic mass is 10.1. The minimum atomic E-state index is -0.0117. The summed E-state index contributed by atoms with van der Waals surface area (Å²) in [6.45, 7) is 3.60. The summed E-state index contributed by atoms with van der Waals surface area (Å²) in [6, 6.07) is 5.85. The maximum Gasteiger partial charge on any atom is 0.158 e. The van der Waals surface area contributed by atoms with Gasteiger partial charge in [-0.25, -0.2) is 0 Å². The monoisotopic (exact) mass is 358 g/mol. The molecule has 142 valence electrons. The molecule has 26 heavy (non-hydrogen) atoms. The van der Waals surface area contributed by atoms with E-state index in [0.717, 1.165) is 56.0 Å². The summed E-state index contributed by atoms with van der Waals surface area (Å²) in [4.78, 5) is 0. The van der Waals surface area contributed by atoms with Gasteiger partial charge < -0.3 is 18.9 Å². The Morgan fingerprint density at radius 3 is 2.62 bits per heavy atom. The Morgan fingerprint density at radius 1 is 1.12 bits per heavy atom. The molecule has 0 saturated carbocycles. The largest absolute Gasteiger partial charge is 0.497 e. The summed E-state index contributed by atoms with van der Waals surface area (Å²) < 4.78 is 21.5. The van der Waals surface area contributed by atoms with E-state index in [1.54, 1.807) is 14.2 Å². The van der Waals surface area contributed by atoms with Crippen LogP contribution in [0, 0.1) is 0 Å². The summed E-state index contributed by atoms with van der Waals surface area (Å²) in [5.41, 5.74) is 2.41. The summed E-state index contributed by atoms with van der Waals surface area (Å²) in [6.07, 6.45) is 14.7. The number of ether oxygens (including phenoxy) is 4. The molecule has 0 amide bonds. The van der Waals surface area contributed by atoms with Gasteiger partial charge in [-0.2, -0.15) is 0 Å². The summed E-state index contributed by atoms with van der Waals surface area (Å²) in [7, 11) is 3.33. The van der Waals surface area contributed by atoms with E-state index in [1.807, 2.05) is 18.2 Å². The highest BCUT2D eigenvalue weighted by Crippen LogP contribution is 2.25. The number of allylic oxidation sites excluding steroid dienone is 5. The summed E-state index contributed by atoms with van der Waals surface area (Å²) >= 11 is 0. The fraction of sp³-hybridized carbons (Fsp3) is 0.455. The first-order chi connectivity index (χ1) is 12.7. The van der Waals surface area contributed by atoms with Crippen LogP contribution in [0.1, 0.15) is 38.2 Å². The molecule has 1 fully saturated rings. The lowest BCUT2D eigenvalue weighted by Crippen LogP contribution is -2.06. The molecule has 0 aromatic heterocycles. The van der Waals surface area contributed by atoms with Gasteiger partial charge in [0.15, 0.2) is 6.29 Å². The molecule has 1 aliphatic rings. The van der Waals surface area contributed by atoms with Crippen molar-refractivity contribution in [2.24, 2.45) is 0 Å². The molecule has 1 aromatic rings. The fourth-order valence-electron chi connectivity index (χ4n) is 2.69. The van der Waals surface area contributed by atoms with Gasteiger partial charge in [0.1, 0.15) is 11.5 Å². The second-order valence-electron chi connectivity index (χ2n) is 6.24. The van der Waals surface area contributed by atoms with Crippen molar-refractivity contribution in [2.75, 3.05) is 27.4 Å². The average Bonchev–Trinajstić information content (AvgIpc) is 3.19. The number of rotatable bonds is 10. The van der Waals surface area contributed by atoms with Crippen molar-refractivity contribution in [2.45, 2.75) is 38.9 Å². The maximum atomic E-state index is 5.45. The van der Waals surface area contributed by atoms with Crippen molar-refractivity contribution in [3.63, 3.8) is 0 Å². The van der Waals surface area contributed by atoms with Crippen LogP contribution in [0.2, 0.25) is 0 Å². The van der Waals surface area contributed by atoms with Gasteiger partial charge in [0, 0.05) is 18.1 Å². The molecule has 1 aliphatic heterocycles. The molecule has 0 N–H and O–H groups in total. The third kappa shape index (κ3) is 7.06. The zero-order valence-electron chi connectivity index (χ0n) is 16.1. The normalized spacial score (nSPS) is 16.0. The highest BCUT2D eigenvalue weighted by molar-refractivity contribution is 5.59. The van der Waals surface area contributed by atoms with Gasteiger partial charge in [0.2, 0.25) is 0 Å². The minimum Gasteiger partial charge on any atom is -0.497 e. The number of methoxy groups -OCH3 is 2. The molecule has 1 heterocycles. The van der Waals surface area contributed by atoms with Gasteiger partial charge in [0.05, 0.1) is 27.4 Å². The van der Waals surface area contributed by atoms with E-state index in [4.69, 9.17) is 18.9 Å². The van der Waals surface area contributed by atoms with Crippen LogP contribution in [-0.4, -0.2) is 33.7 Å². The first-order valence-corrected chi connectivity index (χ1v) is 9.17. The van der Waals surface area contributed by atoms with Crippen LogP contribution in [0.15, 0.2) is 48.1 Å². The van der Waals surface area contributed by atoms with Crippen LogP contribution >= 0.6 is 0 Å². The van der Waals surface area contributed by atoms with Gasteiger partial charge >= 0.3 is 0 Å². The van der Waals surface area contributed by atoms with E-state index >= 15 is 0 Å². The van der Waals surface area contributed by atoms with Crippen molar-refractivity contribution in [3.05, 3.63) is 53.6 Å². The highest BCUT2D eigenvalue weighted by Gasteiger charge is 2.14. The lowest BCUT2D eigenvalue weighted by Gasteiger charge is -2.08. The Kier molecular flexibility index (Phi) is 9.01. The number of hydrogen-bond acceptors (Lipinski definition) is 4. The van der Waals surface area contributed by atoms with Crippen LogP contribution in [0.4, 0.5) is 0 Å². The first-order valence-electron chi connectivity index (χ1n) is 9.17. The van der Waals surface area contributed by atoms with Crippen molar-refractivity contribution in [1.82, 2.24) is 0 Å². The predicted molar refractivity (Wildman–Crippen MR) is 106 cm³/mol. The second-order valence-corrected chi connectivity index (χ2v) is 6.24. The molecule has 0 atom stereocenters. The predicted octanol–water partition coefficient (Wildman–Crippen LogP) is 5.15. The number of unbranched alkanes of at least 4 members (excludes halogenated alkanes) is 1. The Labute approximate surface area is 157 Å². The Bertz CT molecular complexity index is 625. The van der Waals surface area contributed by atoms with E-state index in [9.17, 15) is 0 Å². The van der Waals surface area contributed by atoms with Crippen LogP contribution in [0.5, 0.6) is 11.5 Å². The van der Waals surface area contributed by atoms with Crippen LogP contribution in [-0.2, 0) is 9.47 Å². The van der Waals surface area contributed by atoms with Crippen LogP contribution in [0.3, 0.4) is 0 Å². The number of hydrogen-bond donors (Lipinski definition) is 0. The molecule has 0 bridgehead atoms. The van der Waals surface area contributed by atoms with Gasteiger partial charge in [-0.1, -0.05) is 36.0 Å². The smallest absolute Gasteiger partial charge is 0.158 e. The van der Waals surface area contributed by atoms with Gasteiger partial charge in [-0.15, -0.1) is 0 Å². The van der Waals surface area contributed by atoms with Crippen molar-refractivity contribution < 1.29 is 18.9 Å². The Morgan fingerprint density at radius 2 is 1.88 bits per heavy atom. The van der Waals surface area contributed by atoms with Crippen molar-refractivity contribution in [3.8, 4) is 11.5 Å². The first kappa shape index (κ1) is 20.3. The minimum absolute atomic E-state index is 0.0117. The lowest BCUT2D eigenvalue weighted by molar-refractivity contribution is -0.0461. The van der Waals surface area contributed by atoms with Crippen LogP contribution < -0.4 is 9.47 Å². The van der Waals surface area contributed by atoms with Gasteiger partial charge in [-0.3, -0.25) is 0 Å². The SMILES string of the molecule is COc1ccc(C=CCCC=CC=C(C)CCC2OCCO2)c(OC)c1. The molecule has 4 nitrogen and oxygen atoms in total. The van der Waals surface area contributed by atoms with Crippen molar-refractivity contribution >= 4 is 6.08 Å². The quantitative estimate of drug-likeness (QED) is 0.428. The molecule has 0 aliphatic carbocycles. The zero-order chi connectivity index (χ0) is 18.6.